The maximum Gasteiger partial charge on any atom is 0.193 e. The number of nitrogens with one attached hydrogen (secondary N) is 1. The standard InChI is InChI=1S/C13H21N3O.HI/c1-4-14-13(16(2)3)15-10-11-17-12-8-6-5-7-9-12;/h5-9H,4,10-11H2,1-3H3,(H,14,15);1H. The summed E-state index contributed by atoms with van der Waals surface area (Å²) in [6, 6.07) is 9.78. The molecule has 0 aliphatic rings. The van der Waals surface area contributed by atoms with Crippen LogP contribution in [-0.4, -0.2) is 44.7 Å². The van der Waals surface area contributed by atoms with E-state index in [4.69, 9.17) is 4.74 Å². The second-order valence-corrected chi connectivity index (χ2v) is 3.79. The molecule has 0 amide bonds. The van der Waals surface area contributed by atoms with Gasteiger partial charge in [-0.05, 0) is 19.1 Å². The Bertz CT molecular complexity index is 341. The Morgan fingerprint density at radius 1 is 1.28 bits per heavy atom. The summed E-state index contributed by atoms with van der Waals surface area (Å²) < 4.78 is 5.56. The minimum atomic E-state index is 0. The highest BCUT2D eigenvalue weighted by Crippen LogP contribution is 2.07. The summed E-state index contributed by atoms with van der Waals surface area (Å²) in [7, 11) is 3.94. The van der Waals surface area contributed by atoms with E-state index in [0.717, 1.165) is 18.3 Å². The van der Waals surface area contributed by atoms with Crippen molar-refractivity contribution in [2.45, 2.75) is 6.92 Å². The van der Waals surface area contributed by atoms with E-state index in [9.17, 15) is 0 Å². The van der Waals surface area contributed by atoms with E-state index in [1.807, 2.05) is 49.3 Å². The van der Waals surface area contributed by atoms with E-state index in [1.165, 1.54) is 0 Å². The molecule has 0 saturated carbocycles. The van der Waals surface area contributed by atoms with Crippen molar-refractivity contribution in [3.63, 3.8) is 0 Å². The molecular weight excluding hydrogens is 341 g/mol. The molecule has 0 heterocycles. The van der Waals surface area contributed by atoms with Crippen LogP contribution in [0, 0.1) is 0 Å². The third kappa shape index (κ3) is 6.68. The Morgan fingerprint density at radius 3 is 2.50 bits per heavy atom. The molecule has 1 N–H and O–H groups in total. The number of rotatable bonds is 5. The minimum absolute atomic E-state index is 0. The fourth-order valence-corrected chi connectivity index (χ4v) is 1.35. The van der Waals surface area contributed by atoms with Gasteiger partial charge in [0.05, 0.1) is 6.54 Å². The summed E-state index contributed by atoms with van der Waals surface area (Å²) in [5.74, 6) is 1.78. The molecule has 1 aromatic carbocycles. The molecular formula is C13H22IN3O. The van der Waals surface area contributed by atoms with Crippen molar-refractivity contribution < 1.29 is 4.74 Å². The van der Waals surface area contributed by atoms with Crippen LogP contribution in [-0.2, 0) is 0 Å². The first-order chi connectivity index (χ1) is 8.24. The van der Waals surface area contributed by atoms with Gasteiger partial charge in [0, 0.05) is 20.6 Å². The summed E-state index contributed by atoms with van der Waals surface area (Å²) >= 11 is 0. The summed E-state index contributed by atoms with van der Waals surface area (Å²) in [6.45, 7) is 4.16. The molecule has 0 spiro atoms. The van der Waals surface area contributed by atoms with Crippen LogP contribution in [0.2, 0.25) is 0 Å². The van der Waals surface area contributed by atoms with Gasteiger partial charge in [-0.15, -0.1) is 24.0 Å². The second-order valence-electron chi connectivity index (χ2n) is 3.79. The quantitative estimate of drug-likeness (QED) is 0.377. The highest BCUT2D eigenvalue weighted by Gasteiger charge is 1.98. The topological polar surface area (TPSA) is 36.9 Å². The van der Waals surface area contributed by atoms with Crippen molar-refractivity contribution in [2.75, 3.05) is 33.8 Å². The molecule has 0 saturated heterocycles. The van der Waals surface area contributed by atoms with Gasteiger partial charge >= 0.3 is 0 Å². The van der Waals surface area contributed by atoms with Crippen LogP contribution in [0.4, 0.5) is 0 Å². The number of guanidine groups is 1. The lowest BCUT2D eigenvalue weighted by atomic mass is 10.3. The first kappa shape index (κ1) is 17.0. The summed E-state index contributed by atoms with van der Waals surface area (Å²) in [6.07, 6.45) is 0. The van der Waals surface area contributed by atoms with Gasteiger partial charge in [0.2, 0.25) is 0 Å². The largest absolute Gasteiger partial charge is 0.492 e. The number of halogens is 1. The van der Waals surface area contributed by atoms with E-state index < -0.39 is 0 Å². The molecule has 0 unspecified atom stereocenters. The third-order valence-electron chi connectivity index (χ3n) is 2.12. The summed E-state index contributed by atoms with van der Waals surface area (Å²) in [5.41, 5.74) is 0. The number of hydrogen-bond acceptors (Lipinski definition) is 2. The zero-order chi connectivity index (χ0) is 12.5. The van der Waals surface area contributed by atoms with Crippen molar-refractivity contribution in [2.24, 2.45) is 4.99 Å². The Balaban J connectivity index is 0.00000289. The number of para-hydroxylation sites is 1. The molecule has 4 nitrogen and oxygen atoms in total. The predicted molar refractivity (Wildman–Crippen MR) is 87.0 cm³/mol. The van der Waals surface area contributed by atoms with Crippen LogP contribution in [0.3, 0.4) is 0 Å². The minimum Gasteiger partial charge on any atom is -0.492 e. The van der Waals surface area contributed by atoms with Gasteiger partial charge in [-0.25, -0.2) is 4.99 Å². The smallest absolute Gasteiger partial charge is 0.193 e. The number of aliphatic imine (C=N–C) groups is 1. The fourth-order valence-electron chi connectivity index (χ4n) is 1.35. The van der Waals surface area contributed by atoms with E-state index in [1.54, 1.807) is 0 Å². The molecule has 0 bridgehead atoms. The molecule has 0 fully saturated rings. The molecule has 0 aliphatic heterocycles. The van der Waals surface area contributed by atoms with Gasteiger partial charge in [0.1, 0.15) is 12.4 Å². The Labute approximate surface area is 126 Å². The Kier molecular flexibility index (Phi) is 9.45. The Hall–Kier alpha value is -0.980. The molecule has 102 valence electrons. The molecule has 1 aromatic rings. The van der Waals surface area contributed by atoms with Crippen LogP contribution in [0.15, 0.2) is 35.3 Å². The van der Waals surface area contributed by atoms with Gasteiger partial charge in [0.25, 0.3) is 0 Å². The third-order valence-corrected chi connectivity index (χ3v) is 2.12. The first-order valence-corrected chi connectivity index (χ1v) is 5.87. The van der Waals surface area contributed by atoms with Gasteiger partial charge in [-0.1, -0.05) is 18.2 Å². The van der Waals surface area contributed by atoms with Gasteiger partial charge in [-0.3, -0.25) is 0 Å². The second kappa shape index (κ2) is 9.99. The van der Waals surface area contributed by atoms with E-state index in [2.05, 4.69) is 17.2 Å². The van der Waals surface area contributed by atoms with E-state index in [-0.39, 0.29) is 24.0 Å². The maximum absolute atomic E-state index is 5.56. The molecule has 1 rings (SSSR count). The van der Waals surface area contributed by atoms with Crippen molar-refractivity contribution in [1.82, 2.24) is 10.2 Å². The highest BCUT2D eigenvalue weighted by molar-refractivity contribution is 14.0. The fraction of sp³-hybridized carbons (Fsp3) is 0.462. The van der Waals surface area contributed by atoms with Gasteiger partial charge < -0.3 is 15.0 Å². The summed E-state index contributed by atoms with van der Waals surface area (Å²) in [4.78, 5) is 6.40. The number of ether oxygens (including phenoxy) is 1. The molecule has 0 atom stereocenters. The predicted octanol–water partition coefficient (Wildman–Crippen LogP) is 2.21. The maximum atomic E-state index is 5.56. The Morgan fingerprint density at radius 2 is 1.94 bits per heavy atom. The number of benzene rings is 1. The van der Waals surface area contributed by atoms with Crippen LogP contribution in [0.5, 0.6) is 5.75 Å². The average molecular weight is 363 g/mol. The number of hydrogen-bond donors (Lipinski definition) is 1. The van der Waals surface area contributed by atoms with Crippen molar-refractivity contribution in [1.29, 1.82) is 0 Å². The van der Waals surface area contributed by atoms with Crippen LogP contribution < -0.4 is 10.1 Å². The number of nitrogens with zero attached hydrogens (tertiary/aromatic N) is 2. The van der Waals surface area contributed by atoms with Crippen LogP contribution in [0.1, 0.15) is 6.92 Å². The normalized spacial score (nSPS) is 10.5. The molecule has 18 heavy (non-hydrogen) atoms. The SMILES string of the molecule is CCNC(=NCCOc1ccccc1)N(C)C.I. The zero-order valence-corrected chi connectivity index (χ0v) is 13.5. The van der Waals surface area contributed by atoms with Crippen LogP contribution in [0.25, 0.3) is 0 Å². The average Bonchev–Trinajstić information content (AvgIpc) is 2.34. The van der Waals surface area contributed by atoms with Crippen molar-refractivity contribution in [3.05, 3.63) is 30.3 Å². The summed E-state index contributed by atoms with van der Waals surface area (Å²) in [5, 5.41) is 3.20. The molecule has 0 aromatic heterocycles. The molecule has 5 heteroatoms. The monoisotopic (exact) mass is 363 g/mol. The van der Waals surface area contributed by atoms with Crippen molar-refractivity contribution >= 4 is 29.9 Å². The van der Waals surface area contributed by atoms with E-state index >= 15 is 0 Å². The van der Waals surface area contributed by atoms with Crippen molar-refractivity contribution in [3.8, 4) is 5.75 Å². The van der Waals surface area contributed by atoms with Crippen LogP contribution >= 0.6 is 24.0 Å². The lowest BCUT2D eigenvalue weighted by molar-refractivity contribution is 0.328. The molecule has 0 aliphatic carbocycles. The lowest BCUT2D eigenvalue weighted by Crippen LogP contribution is -2.36. The lowest BCUT2D eigenvalue weighted by Gasteiger charge is -2.16. The highest BCUT2D eigenvalue weighted by atomic mass is 127. The first-order valence-electron chi connectivity index (χ1n) is 5.87. The zero-order valence-electron chi connectivity index (χ0n) is 11.2. The van der Waals surface area contributed by atoms with E-state index in [0.29, 0.717) is 13.2 Å². The van der Waals surface area contributed by atoms with Gasteiger partial charge in [0.15, 0.2) is 5.96 Å². The molecule has 0 radical (unpaired) electrons. The van der Waals surface area contributed by atoms with Gasteiger partial charge in [-0.2, -0.15) is 0 Å².